The highest BCUT2D eigenvalue weighted by molar-refractivity contribution is 7.99. The summed E-state index contributed by atoms with van der Waals surface area (Å²) in [5, 5.41) is 2.85. The van der Waals surface area contributed by atoms with Gasteiger partial charge in [0.05, 0.1) is 5.75 Å². The summed E-state index contributed by atoms with van der Waals surface area (Å²) in [6, 6.07) is 13.2. The Bertz CT molecular complexity index is 561. The molecule has 4 nitrogen and oxygen atoms in total. The van der Waals surface area contributed by atoms with E-state index in [4.69, 9.17) is 4.74 Å². The summed E-state index contributed by atoms with van der Waals surface area (Å²) in [5.41, 5.74) is 0.853. The van der Waals surface area contributed by atoms with Gasteiger partial charge in [0.25, 0.3) is 0 Å². The van der Waals surface area contributed by atoms with Crippen LogP contribution in [0.25, 0.3) is 0 Å². The molecule has 2 aromatic rings. The minimum atomic E-state index is 0.00649. The fourth-order valence-corrected chi connectivity index (χ4v) is 1.99. The molecule has 0 atom stereocenters. The van der Waals surface area contributed by atoms with Crippen molar-refractivity contribution in [3.05, 3.63) is 54.2 Å². The van der Waals surface area contributed by atoms with Crippen LogP contribution in [0.5, 0.6) is 11.6 Å². The second-order valence-electron chi connectivity index (χ2n) is 4.09. The van der Waals surface area contributed by atoms with Crippen molar-refractivity contribution in [3.63, 3.8) is 0 Å². The Hall–Kier alpha value is -2.01. The molecule has 0 aliphatic rings. The molecule has 1 aromatic heterocycles. The highest BCUT2D eigenvalue weighted by Crippen LogP contribution is 2.22. The van der Waals surface area contributed by atoms with Gasteiger partial charge >= 0.3 is 0 Å². The van der Waals surface area contributed by atoms with E-state index in [0.29, 0.717) is 18.2 Å². The lowest BCUT2D eigenvalue weighted by atomic mass is 10.2. The van der Waals surface area contributed by atoms with E-state index in [-0.39, 0.29) is 5.91 Å². The van der Waals surface area contributed by atoms with Crippen molar-refractivity contribution in [1.29, 1.82) is 0 Å². The maximum absolute atomic E-state index is 11.5. The van der Waals surface area contributed by atoms with Gasteiger partial charge in [-0.15, -0.1) is 0 Å². The molecule has 2 rings (SSSR count). The summed E-state index contributed by atoms with van der Waals surface area (Å²) in [4.78, 5) is 15.7. The summed E-state index contributed by atoms with van der Waals surface area (Å²) >= 11 is 1.49. The quantitative estimate of drug-likeness (QED) is 0.888. The number of thioether (sulfide) groups is 1. The smallest absolute Gasteiger partial charge is 0.230 e. The molecule has 20 heavy (non-hydrogen) atoms. The SMILES string of the molecule is CSCC(=O)NCc1cccnc1Oc1ccccc1. The van der Waals surface area contributed by atoms with Gasteiger partial charge in [-0.2, -0.15) is 11.8 Å². The Morgan fingerprint density at radius 1 is 1.25 bits per heavy atom. The number of carbonyl (C=O) groups is 1. The maximum Gasteiger partial charge on any atom is 0.230 e. The molecule has 0 fully saturated rings. The van der Waals surface area contributed by atoms with E-state index in [1.165, 1.54) is 11.8 Å². The number of ether oxygens (including phenoxy) is 1. The predicted molar refractivity (Wildman–Crippen MR) is 81.0 cm³/mol. The number of hydrogen-bond acceptors (Lipinski definition) is 4. The first-order chi connectivity index (χ1) is 9.79. The van der Waals surface area contributed by atoms with Crippen molar-refractivity contribution >= 4 is 17.7 Å². The van der Waals surface area contributed by atoms with Gasteiger partial charge < -0.3 is 10.1 Å². The maximum atomic E-state index is 11.5. The van der Waals surface area contributed by atoms with Gasteiger partial charge in [0.2, 0.25) is 11.8 Å². The Morgan fingerprint density at radius 2 is 2.05 bits per heavy atom. The molecule has 1 N–H and O–H groups in total. The van der Waals surface area contributed by atoms with Gasteiger partial charge in [0, 0.05) is 18.3 Å². The fraction of sp³-hybridized carbons (Fsp3) is 0.200. The van der Waals surface area contributed by atoms with Crippen molar-refractivity contribution in [2.75, 3.05) is 12.0 Å². The first-order valence-corrected chi connectivity index (χ1v) is 7.61. The molecule has 1 aromatic carbocycles. The lowest BCUT2D eigenvalue weighted by molar-refractivity contribution is -0.118. The first-order valence-electron chi connectivity index (χ1n) is 6.22. The Kier molecular flexibility index (Phi) is 5.43. The van der Waals surface area contributed by atoms with Crippen LogP contribution in [0, 0.1) is 0 Å². The molecular weight excluding hydrogens is 272 g/mol. The monoisotopic (exact) mass is 288 g/mol. The largest absolute Gasteiger partial charge is 0.439 e. The van der Waals surface area contributed by atoms with Crippen molar-refractivity contribution in [2.24, 2.45) is 0 Å². The molecule has 1 heterocycles. The van der Waals surface area contributed by atoms with E-state index in [2.05, 4.69) is 10.3 Å². The predicted octanol–water partition coefficient (Wildman–Crippen LogP) is 2.85. The highest BCUT2D eigenvalue weighted by atomic mass is 32.2. The first kappa shape index (κ1) is 14.4. The third-order valence-corrected chi connectivity index (χ3v) is 3.11. The summed E-state index contributed by atoms with van der Waals surface area (Å²) < 4.78 is 5.73. The number of rotatable bonds is 6. The molecule has 0 radical (unpaired) electrons. The zero-order chi connectivity index (χ0) is 14.2. The number of aromatic nitrogens is 1. The number of nitrogens with one attached hydrogen (secondary N) is 1. The molecule has 104 valence electrons. The average Bonchev–Trinajstić information content (AvgIpc) is 2.48. The second kappa shape index (κ2) is 7.55. The van der Waals surface area contributed by atoms with Crippen molar-refractivity contribution in [1.82, 2.24) is 10.3 Å². The third kappa shape index (κ3) is 4.28. The van der Waals surface area contributed by atoms with Crippen molar-refractivity contribution < 1.29 is 9.53 Å². The Labute approximate surface area is 122 Å². The average molecular weight is 288 g/mol. The zero-order valence-electron chi connectivity index (χ0n) is 11.2. The molecule has 0 unspecified atom stereocenters. The van der Waals surface area contributed by atoms with Crippen molar-refractivity contribution in [3.8, 4) is 11.6 Å². The van der Waals surface area contributed by atoms with Crippen LogP contribution in [-0.2, 0) is 11.3 Å². The number of amides is 1. The summed E-state index contributed by atoms with van der Waals surface area (Å²) in [5.74, 6) is 1.70. The van der Waals surface area contributed by atoms with Crippen LogP contribution < -0.4 is 10.1 Å². The van der Waals surface area contributed by atoms with Crippen LogP contribution in [-0.4, -0.2) is 22.9 Å². The number of nitrogens with zero attached hydrogens (tertiary/aromatic N) is 1. The van der Waals surface area contributed by atoms with E-state index >= 15 is 0 Å². The van der Waals surface area contributed by atoms with Gasteiger partial charge in [0.1, 0.15) is 5.75 Å². The number of hydrogen-bond donors (Lipinski definition) is 1. The van der Waals surface area contributed by atoms with Crippen molar-refractivity contribution in [2.45, 2.75) is 6.54 Å². The van der Waals surface area contributed by atoms with Crippen LogP contribution in [0.15, 0.2) is 48.7 Å². The topological polar surface area (TPSA) is 51.2 Å². The molecule has 0 saturated carbocycles. The number of para-hydroxylation sites is 1. The fourth-order valence-electron chi connectivity index (χ4n) is 1.63. The van der Waals surface area contributed by atoms with E-state index in [0.717, 1.165) is 11.3 Å². The molecule has 0 aliphatic carbocycles. The van der Waals surface area contributed by atoms with Gasteiger partial charge in [-0.25, -0.2) is 4.98 Å². The number of carbonyl (C=O) groups excluding carboxylic acids is 1. The van der Waals surface area contributed by atoms with E-state index in [1.807, 2.05) is 48.7 Å². The molecule has 0 aliphatic heterocycles. The summed E-state index contributed by atoms with van der Waals surface area (Å²) in [7, 11) is 0. The van der Waals surface area contributed by atoms with E-state index in [1.54, 1.807) is 6.20 Å². The van der Waals surface area contributed by atoms with Crippen LogP contribution in [0.4, 0.5) is 0 Å². The van der Waals surface area contributed by atoms with Gasteiger partial charge in [-0.1, -0.05) is 24.3 Å². The molecule has 5 heteroatoms. The van der Waals surface area contributed by atoms with Gasteiger partial charge in [-0.05, 0) is 24.5 Å². The highest BCUT2D eigenvalue weighted by Gasteiger charge is 2.07. The number of pyridine rings is 1. The normalized spacial score (nSPS) is 10.1. The minimum absolute atomic E-state index is 0.00649. The standard InChI is InChI=1S/C15H16N2O2S/c1-20-11-14(18)17-10-12-6-5-9-16-15(12)19-13-7-3-2-4-8-13/h2-9H,10-11H2,1H3,(H,17,18). The number of benzene rings is 1. The second-order valence-corrected chi connectivity index (χ2v) is 4.96. The van der Waals surface area contributed by atoms with Crippen LogP contribution in [0.2, 0.25) is 0 Å². The van der Waals surface area contributed by atoms with Crippen LogP contribution >= 0.6 is 11.8 Å². The molecule has 0 bridgehead atoms. The van der Waals surface area contributed by atoms with Gasteiger partial charge in [0.15, 0.2) is 0 Å². The molecule has 1 amide bonds. The van der Waals surface area contributed by atoms with E-state index in [9.17, 15) is 4.79 Å². The Balaban J connectivity index is 2.04. The van der Waals surface area contributed by atoms with Gasteiger partial charge in [-0.3, -0.25) is 4.79 Å². The van der Waals surface area contributed by atoms with Crippen LogP contribution in [0.1, 0.15) is 5.56 Å². The minimum Gasteiger partial charge on any atom is -0.439 e. The molecular formula is C15H16N2O2S. The zero-order valence-corrected chi connectivity index (χ0v) is 12.0. The van der Waals surface area contributed by atoms with E-state index < -0.39 is 0 Å². The van der Waals surface area contributed by atoms with Crippen LogP contribution in [0.3, 0.4) is 0 Å². The Morgan fingerprint density at radius 3 is 2.80 bits per heavy atom. The summed E-state index contributed by atoms with van der Waals surface area (Å²) in [6.45, 7) is 0.412. The third-order valence-electron chi connectivity index (χ3n) is 2.56. The lowest BCUT2D eigenvalue weighted by Crippen LogP contribution is -2.24. The molecule has 0 saturated heterocycles. The molecule has 0 spiro atoms. The summed E-state index contributed by atoms with van der Waals surface area (Å²) in [6.07, 6.45) is 3.57. The lowest BCUT2D eigenvalue weighted by Gasteiger charge is -2.10.